The standard InChI is InChI=1S/C7H2BrClF3NO5S/c8-6-4(13(14)15)1-3(19(9,16)17)2-5(6)18-7(10,11)12/h1-2H. The third-order valence-electron chi connectivity index (χ3n) is 1.70. The highest BCUT2D eigenvalue weighted by molar-refractivity contribution is 9.10. The minimum atomic E-state index is -5.15. The van der Waals surface area contributed by atoms with Gasteiger partial charge in [-0.2, -0.15) is 0 Å². The number of benzene rings is 1. The Morgan fingerprint density at radius 1 is 1.37 bits per heavy atom. The van der Waals surface area contributed by atoms with E-state index >= 15 is 0 Å². The second kappa shape index (κ2) is 5.13. The molecule has 0 amide bonds. The molecule has 0 spiro atoms. The zero-order valence-electron chi connectivity index (χ0n) is 8.44. The monoisotopic (exact) mass is 383 g/mol. The zero-order valence-corrected chi connectivity index (χ0v) is 11.6. The molecule has 0 N–H and O–H groups in total. The number of alkyl halides is 3. The van der Waals surface area contributed by atoms with Crippen LogP contribution in [0.3, 0.4) is 0 Å². The van der Waals surface area contributed by atoms with Gasteiger partial charge < -0.3 is 4.74 Å². The van der Waals surface area contributed by atoms with Gasteiger partial charge in [0.25, 0.3) is 14.7 Å². The molecule has 1 aromatic carbocycles. The molecule has 1 aromatic rings. The quantitative estimate of drug-likeness (QED) is 0.454. The number of hydrogen-bond acceptors (Lipinski definition) is 5. The smallest absolute Gasteiger partial charge is 0.404 e. The van der Waals surface area contributed by atoms with Gasteiger partial charge in [-0.05, 0) is 15.9 Å². The molecule has 0 atom stereocenters. The second-order valence-corrected chi connectivity index (χ2v) is 6.36. The van der Waals surface area contributed by atoms with Crippen molar-refractivity contribution in [3.8, 4) is 5.75 Å². The first kappa shape index (κ1) is 16.0. The maximum atomic E-state index is 12.1. The lowest BCUT2D eigenvalue weighted by atomic mass is 10.3. The third-order valence-corrected chi connectivity index (χ3v) is 3.83. The number of halogens is 5. The Hall–Kier alpha value is -1.07. The first-order chi connectivity index (χ1) is 8.42. The van der Waals surface area contributed by atoms with E-state index in [4.69, 9.17) is 10.7 Å². The molecule has 0 aliphatic carbocycles. The van der Waals surface area contributed by atoms with Crippen LogP contribution in [-0.2, 0) is 9.05 Å². The summed E-state index contributed by atoms with van der Waals surface area (Å²) in [6.07, 6.45) is -5.15. The number of nitro groups is 1. The zero-order chi connectivity index (χ0) is 15.0. The van der Waals surface area contributed by atoms with Gasteiger partial charge >= 0.3 is 6.36 Å². The summed E-state index contributed by atoms with van der Waals surface area (Å²) in [6.45, 7) is 0. The molecule has 0 aliphatic heterocycles. The van der Waals surface area contributed by atoms with Crippen LogP contribution in [0.4, 0.5) is 18.9 Å². The maximum absolute atomic E-state index is 12.1. The Morgan fingerprint density at radius 2 is 1.89 bits per heavy atom. The Labute approximate surface area is 116 Å². The van der Waals surface area contributed by atoms with Crippen LogP contribution in [0.15, 0.2) is 21.5 Å². The summed E-state index contributed by atoms with van der Waals surface area (Å²) in [5, 5.41) is 10.6. The first-order valence-corrected chi connectivity index (χ1v) is 7.20. The van der Waals surface area contributed by atoms with Crippen molar-refractivity contribution in [1.82, 2.24) is 0 Å². The molecule has 0 heterocycles. The van der Waals surface area contributed by atoms with E-state index in [0.717, 1.165) is 0 Å². The molecule has 19 heavy (non-hydrogen) atoms. The van der Waals surface area contributed by atoms with E-state index in [1.165, 1.54) is 0 Å². The van der Waals surface area contributed by atoms with Gasteiger partial charge in [-0.15, -0.1) is 13.2 Å². The van der Waals surface area contributed by atoms with Crippen LogP contribution in [0, 0.1) is 10.1 Å². The molecule has 106 valence electrons. The minimum absolute atomic E-state index is 0.424. The van der Waals surface area contributed by atoms with Crippen molar-refractivity contribution in [3.63, 3.8) is 0 Å². The summed E-state index contributed by atoms with van der Waals surface area (Å²) in [5.74, 6) is -1.08. The molecule has 0 saturated heterocycles. The lowest BCUT2D eigenvalue weighted by molar-refractivity contribution is -0.386. The number of ether oxygens (including phenoxy) is 1. The molecule has 0 fully saturated rings. The highest BCUT2D eigenvalue weighted by Gasteiger charge is 2.34. The van der Waals surface area contributed by atoms with Crippen molar-refractivity contribution >= 4 is 41.4 Å². The predicted molar refractivity (Wildman–Crippen MR) is 60.5 cm³/mol. The average molecular weight is 385 g/mol. The summed E-state index contributed by atoms with van der Waals surface area (Å²) in [7, 11) is 0.474. The van der Waals surface area contributed by atoms with Crippen molar-refractivity contribution in [2.75, 3.05) is 0 Å². The normalized spacial score (nSPS) is 12.3. The molecule has 0 radical (unpaired) electrons. The fourth-order valence-corrected chi connectivity index (χ4v) is 2.25. The lowest BCUT2D eigenvalue weighted by Crippen LogP contribution is -2.18. The van der Waals surface area contributed by atoms with Crippen molar-refractivity contribution in [3.05, 3.63) is 26.7 Å². The summed E-state index contributed by atoms with van der Waals surface area (Å²) in [6, 6.07) is 0.933. The molecular weight excluding hydrogens is 382 g/mol. The van der Waals surface area contributed by atoms with Crippen LogP contribution in [0.1, 0.15) is 0 Å². The molecule has 6 nitrogen and oxygen atoms in total. The van der Waals surface area contributed by atoms with Crippen molar-refractivity contribution in [1.29, 1.82) is 0 Å². The SMILES string of the molecule is O=[N+]([O-])c1cc(S(=O)(=O)Cl)cc(OC(F)(F)F)c1Br. The molecule has 1 rings (SSSR count). The van der Waals surface area contributed by atoms with Gasteiger partial charge in [-0.1, -0.05) is 0 Å². The van der Waals surface area contributed by atoms with Crippen molar-refractivity contribution in [2.45, 2.75) is 11.3 Å². The lowest BCUT2D eigenvalue weighted by Gasteiger charge is -2.11. The fourth-order valence-electron chi connectivity index (χ4n) is 1.03. The second-order valence-electron chi connectivity index (χ2n) is 3.00. The van der Waals surface area contributed by atoms with E-state index in [0.29, 0.717) is 12.1 Å². The fraction of sp³-hybridized carbons (Fsp3) is 0.143. The van der Waals surface area contributed by atoms with E-state index in [-0.39, 0.29) is 0 Å². The van der Waals surface area contributed by atoms with Gasteiger partial charge in [0.2, 0.25) is 0 Å². The topological polar surface area (TPSA) is 86.5 Å². The van der Waals surface area contributed by atoms with Crippen LogP contribution in [0.25, 0.3) is 0 Å². The minimum Gasteiger partial charge on any atom is -0.404 e. The largest absolute Gasteiger partial charge is 0.573 e. The Balaban J connectivity index is 3.54. The molecule has 0 aliphatic rings. The van der Waals surface area contributed by atoms with Crippen molar-refractivity contribution in [2.24, 2.45) is 0 Å². The summed E-state index contributed by atoms with van der Waals surface area (Å²) >= 11 is 2.53. The molecule has 0 bridgehead atoms. The Morgan fingerprint density at radius 3 is 2.26 bits per heavy atom. The molecule has 0 aromatic heterocycles. The molecule has 12 heteroatoms. The van der Waals surface area contributed by atoms with E-state index in [2.05, 4.69) is 20.7 Å². The van der Waals surface area contributed by atoms with Gasteiger partial charge in [0.15, 0.2) is 5.75 Å². The van der Waals surface area contributed by atoms with Gasteiger partial charge in [0.1, 0.15) is 4.47 Å². The maximum Gasteiger partial charge on any atom is 0.573 e. The van der Waals surface area contributed by atoms with E-state index < -0.39 is 41.1 Å². The third kappa shape index (κ3) is 4.21. The summed E-state index contributed by atoms with van der Waals surface area (Å²) < 4.78 is 61.1. The molecule has 0 unspecified atom stereocenters. The highest BCUT2D eigenvalue weighted by Crippen LogP contribution is 2.39. The van der Waals surface area contributed by atoms with Gasteiger partial charge in [0.05, 0.1) is 9.82 Å². The number of hydrogen-bond donors (Lipinski definition) is 0. The predicted octanol–water partition coefficient (Wildman–Crippen LogP) is 3.18. The van der Waals surface area contributed by atoms with Crippen LogP contribution < -0.4 is 4.74 Å². The average Bonchev–Trinajstić information content (AvgIpc) is 2.16. The summed E-state index contributed by atoms with van der Waals surface area (Å²) in [4.78, 5) is 8.65. The van der Waals surface area contributed by atoms with E-state index in [1.807, 2.05) is 0 Å². The van der Waals surface area contributed by atoms with Crippen LogP contribution in [0.2, 0.25) is 0 Å². The number of nitro benzene ring substituents is 1. The van der Waals surface area contributed by atoms with Crippen molar-refractivity contribution < 1.29 is 31.2 Å². The Bertz CT molecular complexity index is 632. The van der Waals surface area contributed by atoms with E-state index in [9.17, 15) is 31.7 Å². The van der Waals surface area contributed by atoms with Gasteiger partial charge in [-0.3, -0.25) is 10.1 Å². The van der Waals surface area contributed by atoms with Crippen LogP contribution in [0.5, 0.6) is 5.75 Å². The molecule has 0 saturated carbocycles. The summed E-state index contributed by atoms with van der Waals surface area (Å²) in [5.41, 5.74) is -0.930. The van der Waals surface area contributed by atoms with Gasteiger partial charge in [-0.25, -0.2) is 8.42 Å². The van der Waals surface area contributed by atoms with E-state index in [1.54, 1.807) is 0 Å². The van der Waals surface area contributed by atoms with Gasteiger partial charge in [0, 0.05) is 22.8 Å². The highest BCUT2D eigenvalue weighted by atomic mass is 79.9. The first-order valence-electron chi connectivity index (χ1n) is 4.10. The van der Waals surface area contributed by atoms with Crippen LogP contribution >= 0.6 is 26.6 Å². The van der Waals surface area contributed by atoms with Crippen LogP contribution in [-0.4, -0.2) is 19.7 Å². The molecular formula is C7H2BrClF3NO5S. The number of rotatable bonds is 3. The number of nitrogens with zero attached hydrogens (tertiary/aromatic N) is 1. The Kier molecular flexibility index (Phi) is 4.32.